The predicted octanol–water partition coefficient (Wildman–Crippen LogP) is 6.65. The summed E-state index contributed by atoms with van der Waals surface area (Å²) in [6, 6.07) is 0. The van der Waals surface area contributed by atoms with E-state index in [4.69, 9.17) is 13.8 Å². The van der Waals surface area contributed by atoms with Gasteiger partial charge in [-0.2, -0.15) is 0 Å². The first kappa shape index (κ1) is 37.7. The third-order valence-corrected chi connectivity index (χ3v) is 7.56. The van der Waals surface area contributed by atoms with Crippen LogP contribution in [-0.2, 0) is 23.1 Å². The van der Waals surface area contributed by atoms with E-state index < -0.39 is 13.9 Å². The van der Waals surface area contributed by atoms with Gasteiger partial charge in [-0.3, -0.25) is 13.8 Å². The van der Waals surface area contributed by atoms with E-state index >= 15 is 0 Å². The van der Waals surface area contributed by atoms with Crippen molar-refractivity contribution in [2.75, 3.05) is 60.6 Å². The van der Waals surface area contributed by atoms with Crippen LogP contribution in [0.1, 0.15) is 117 Å². The summed E-state index contributed by atoms with van der Waals surface area (Å²) in [7, 11) is 1.73. The zero-order chi connectivity index (χ0) is 28.5. The van der Waals surface area contributed by atoms with Gasteiger partial charge in [-0.15, -0.1) is 0 Å². The van der Waals surface area contributed by atoms with Crippen molar-refractivity contribution >= 4 is 13.6 Å². The van der Waals surface area contributed by atoms with Crippen LogP contribution in [0, 0.1) is 0 Å². The van der Waals surface area contributed by atoms with Gasteiger partial charge in [-0.25, -0.2) is 4.57 Å². The average Bonchev–Trinajstić information content (AvgIpc) is 2.81. The Morgan fingerprint density at radius 1 is 0.816 bits per heavy atom. The maximum atomic E-state index is 12.4. The van der Waals surface area contributed by atoms with Crippen molar-refractivity contribution < 1.29 is 32.5 Å². The summed E-state index contributed by atoms with van der Waals surface area (Å²) >= 11 is 0. The maximum Gasteiger partial charge on any atom is 0.472 e. The summed E-state index contributed by atoms with van der Waals surface area (Å²) in [6.45, 7) is 5.63. The highest BCUT2D eigenvalue weighted by Gasteiger charge is 2.27. The van der Waals surface area contributed by atoms with Gasteiger partial charge in [0.2, 0.25) is 0 Å². The number of quaternary nitrogens is 1. The minimum Gasteiger partial charge on any atom is -0.379 e. The van der Waals surface area contributed by atoms with Crippen molar-refractivity contribution in [3.05, 3.63) is 0 Å². The van der Waals surface area contributed by atoms with Crippen LogP contribution in [0.15, 0.2) is 0 Å². The molecule has 0 rings (SSSR count). The molecule has 228 valence electrons. The number of unbranched alkanes of at least 4 members (excludes halogenated alkanes) is 15. The Bertz CT molecular complexity index is 600. The van der Waals surface area contributed by atoms with Crippen LogP contribution in [0.25, 0.3) is 0 Å². The van der Waals surface area contributed by atoms with Crippen molar-refractivity contribution in [3.63, 3.8) is 0 Å². The molecule has 0 heterocycles. The van der Waals surface area contributed by atoms with Crippen LogP contribution < -0.4 is 5.32 Å². The van der Waals surface area contributed by atoms with Gasteiger partial charge >= 0.3 is 7.82 Å². The van der Waals surface area contributed by atoms with Gasteiger partial charge in [-0.05, 0) is 13.3 Å². The largest absolute Gasteiger partial charge is 0.472 e. The molecule has 38 heavy (non-hydrogen) atoms. The van der Waals surface area contributed by atoms with Gasteiger partial charge in [0.1, 0.15) is 25.0 Å². The van der Waals surface area contributed by atoms with Gasteiger partial charge < -0.3 is 19.4 Å². The molecular formula is C29H62N2O6P+. The van der Waals surface area contributed by atoms with Gasteiger partial charge in [0.05, 0.1) is 34.3 Å². The molecule has 0 aromatic heterocycles. The van der Waals surface area contributed by atoms with Crippen LogP contribution in [-0.4, -0.2) is 81.9 Å². The van der Waals surface area contributed by atoms with Crippen LogP contribution in [0.4, 0.5) is 0 Å². The summed E-state index contributed by atoms with van der Waals surface area (Å²) < 4.78 is 29.2. The lowest BCUT2D eigenvalue weighted by Gasteiger charge is -2.25. The lowest BCUT2D eigenvalue weighted by atomic mass is 10.0. The van der Waals surface area contributed by atoms with Gasteiger partial charge in [0.25, 0.3) is 0 Å². The fraction of sp³-hybridized carbons (Fsp3) is 0.966. The van der Waals surface area contributed by atoms with Crippen molar-refractivity contribution in [2.45, 2.75) is 123 Å². The molecule has 2 atom stereocenters. The number of hydrogen-bond acceptors (Lipinski definition) is 6. The normalized spacial score (nSPS) is 14.5. The topological polar surface area (TPSA) is 94.1 Å². The maximum absolute atomic E-state index is 12.4. The van der Waals surface area contributed by atoms with E-state index in [9.17, 15) is 14.3 Å². The molecule has 2 N–H and O–H groups in total. The highest BCUT2D eigenvalue weighted by atomic mass is 31.2. The molecule has 0 saturated carbocycles. The molecule has 0 aliphatic carbocycles. The molecule has 0 spiro atoms. The molecule has 0 bridgehead atoms. The fourth-order valence-electron chi connectivity index (χ4n) is 4.15. The fourth-order valence-corrected chi connectivity index (χ4v) is 5.04. The second-order valence-electron chi connectivity index (χ2n) is 11.8. The molecule has 0 aliphatic heterocycles. The molecule has 9 heteroatoms. The SMILES string of the molecule is CCCCCCCCCCCCCCCCCCOCC(CNCC(C)=O)OP(=O)(O)OCC[N+](C)(C)C. The third kappa shape index (κ3) is 28.7. The first-order chi connectivity index (χ1) is 18.1. The molecule has 8 nitrogen and oxygen atoms in total. The predicted molar refractivity (Wildman–Crippen MR) is 157 cm³/mol. The molecule has 0 radical (unpaired) electrons. The van der Waals surface area contributed by atoms with E-state index in [1.165, 1.54) is 96.8 Å². The molecule has 0 saturated heterocycles. The molecular weight excluding hydrogens is 503 g/mol. The Morgan fingerprint density at radius 2 is 1.29 bits per heavy atom. The second kappa shape index (κ2) is 24.5. The highest BCUT2D eigenvalue weighted by molar-refractivity contribution is 7.47. The highest BCUT2D eigenvalue weighted by Crippen LogP contribution is 2.44. The molecule has 0 aromatic carbocycles. The number of ketones is 1. The number of ether oxygens (including phenoxy) is 1. The lowest BCUT2D eigenvalue weighted by Crippen LogP contribution is -2.38. The number of hydrogen-bond donors (Lipinski definition) is 2. The Hall–Kier alpha value is -0.340. The van der Waals surface area contributed by atoms with Gasteiger partial charge in [0.15, 0.2) is 0 Å². The number of phosphoric ester groups is 1. The van der Waals surface area contributed by atoms with E-state index in [0.29, 0.717) is 17.6 Å². The first-order valence-electron chi connectivity index (χ1n) is 15.3. The zero-order valence-corrected chi connectivity index (χ0v) is 26.4. The number of nitrogens with zero attached hydrogens (tertiary/aromatic N) is 1. The summed E-state index contributed by atoms with van der Waals surface area (Å²) in [5, 5.41) is 2.95. The standard InChI is InChI=1S/C29H61N2O6P/c1-6-7-8-9-10-11-12-13-14-15-16-17-18-19-20-21-23-35-27-29(26-30-25-28(2)32)37-38(33,34)36-24-22-31(3,4)5/h29-30H,6-27H2,1-5H3/p+1. The van der Waals surface area contributed by atoms with Crippen molar-refractivity contribution in [1.29, 1.82) is 0 Å². The van der Waals surface area contributed by atoms with Crippen molar-refractivity contribution in [2.24, 2.45) is 0 Å². The number of Topliss-reactive ketones (excluding diaryl/α,β-unsaturated/α-hetero) is 1. The number of nitrogens with one attached hydrogen (secondary N) is 1. The summed E-state index contributed by atoms with van der Waals surface area (Å²) in [5.41, 5.74) is 0. The number of carbonyl (C=O) groups excluding carboxylic acids is 1. The third-order valence-electron chi connectivity index (χ3n) is 6.49. The van der Waals surface area contributed by atoms with Crippen LogP contribution in [0.5, 0.6) is 0 Å². The zero-order valence-electron chi connectivity index (χ0n) is 25.5. The van der Waals surface area contributed by atoms with E-state index in [1.807, 2.05) is 21.1 Å². The van der Waals surface area contributed by atoms with Crippen LogP contribution >= 0.6 is 7.82 Å². The smallest absolute Gasteiger partial charge is 0.379 e. The van der Waals surface area contributed by atoms with E-state index in [2.05, 4.69) is 12.2 Å². The first-order valence-corrected chi connectivity index (χ1v) is 16.8. The van der Waals surface area contributed by atoms with Crippen molar-refractivity contribution in [3.8, 4) is 0 Å². The van der Waals surface area contributed by atoms with E-state index in [1.54, 1.807) is 0 Å². The molecule has 0 aliphatic rings. The Morgan fingerprint density at radius 3 is 1.74 bits per heavy atom. The quantitative estimate of drug-likeness (QED) is 0.0596. The van der Waals surface area contributed by atoms with Gasteiger partial charge in [0, 0.05) is 13.2 Å². The average molecular weight is 566 g/mol. The van der Waals surface area contributed by atoms with E-state index in [0.717, 1.165) is 12.8 Å². The van der Waals surface area contributed by atoms with Crippen LogP contribution in [0.3, 0.4) is 0 Å². The molecule has 2 unspecified atom stereocenters. The minimum atomic E-state index is -4.21. The van der Waals surface area contributed by atoms with E-state index in [-0.39, 0.29) is 32.1 Å². The Kier molecular flexibility index (Phi) is 24.2. The summed E-state index contributed by atoms with van der Waals surface area (Å²) in [4.78, 5) is 21.3. The molecule has 0 aromatic rings. The summed E-state index contributed by atoms with van der Waals surface area (Å²) in [6.07, 6.45) is 20.5. The Balaban J connectivity index is 3.85. The molecule has 0 fully saturated rings. The van der Waals surface area contributed by atoms with Crippen molar-refractivity contribution in [1.82, 2.24) is 5.32 Å². The Labute approximate surface area is 234 Å². The number of likely N-dealkylation sites (N-methyl/N-ethyl adjacent to an activating group) is 1. The van der Waals surface area contributed by atoms with Crippen LogP contribution in [0.2, 0.25) is 0 Å². The number of carbonyl (C=O) groups is 1. The number of rotatable bonds is 29. The minimum absolute atomic E-state index is 0.00999. The monoisotopic (exact) mass is 565 g/mol. The van der Waals surface area contributed by atoms with Gasteiger partial charge in [-0.1, -0.05) is 103 Å². The molecule has 0 amide bonds. The number of phosphoric acid groups is 1. The lowest BCUT2D eigenvalue weighted by molar-refractivity contribution is -0.870. The second-order valence-corrected chi connectivity index (χ2v) is 13.2. The summed E-state index contributed by atoms with van der Waals surface area (Å²) in [5.74, 6) is -0.00999.